The van der Waals surface area contributed by atoms with Crippen molar-refractivity contribution in [3.63, 3.8) is 0 Å². The van der Waals surface area contributed by atoms with Gasteiger partial charge in [-0.05, 0) is 44.0 Å². The molecule has 0 atom stereocenters. The van der Waals surface area contributed by atoms with Crippen LogP contribution in [0.2, 0.25) is 19.1 Å². The number of benzene rings is 1. The number of hydrogen-bond acceptors (Lipinski definition) is 1. The van der Waals surface area contributed by atoms with Crippen LogP contribution in [0.15, 0.2) is 30.3 Å². The van der Waals surface area contributed by atoms with Gasteiger partial charge >= 0.3 is 0 Å². The fourth-order valence-corrected chi connectivity index (χ4v) is 4.06. The van der Waals surface area contributed by atoms with Crippen LogP contribution in [0.5, 0.6) is 0 Å². The lowest BCUT2D eigenvalue weighted by Crippen LogP contribution is -2.30. The molecule has 0 aliphatic carbocycles. The summed E-state index contributed by atoms with van der Waals surface area (Å²) in [7, 11) is -1.45. The van der Waals surface area contributed by atoms with E-state index in [1.165, 1.54) is 11.6 Å². The Bertz CT molecular complexity index is 300. The van der Waals surface area contributed by atoms with Gasteiger partial charge in [-0.15, -0.1) is 11.6 Å². The molecule has 0 amide bonds. The molecule has 3 heteroatoms. The van der Waals surface area contributed by atoms with Crippen molar-refractivity contribution >= 4 is 19.9 Å². The highest BCUT2D eigenvalue weighted by Gasteiger charge is 2.20. The fourth-order valence-electron chi connectivity index (χ4n) is 1.83. The standard InChI is InChI=1S/C14H23ClOSi/c1-17(2,13-7-11-15)16-12-6-10-14-8-4-3-5-9-14/h3-5,8-9H,6-7,10-13H2,1-2H3. The van der Waals surface area contributed by atoms with Crippen LogP contribution in [0, 0.1) is 0 Å². The molecule has 0 saturated heterocycles. The highest BCUT2D eigenvalue weighted by molar-refractivity contribution is 6.71. The zero-order valence-electron chi connectivity index (χ0n) is 10.9. The number of hydrogen-bond donors (Lipinski definition) is 0. The van der Waals surface area contributed by atoms with E-state index in [0.717, 1.165) is 31.7 Å². The zero-order chi connectivity index (χ0) is 12.6. The third kappa shape index (κ3) is 6.87. The minimum atomic E-state index is -1.45. The van der Waals surface area contributed by atoms with E-state index in [2.05, 4.69) is 43.4 Å². The molecular formula is C14H23ClOSi. The summed E-state index contributed by atoms with van der Waals surface area (Å²) in [5, 5.41) is 0. The fraction of sp³-hybridized carbons (Fsp3) is 0.571. The van der Waals surface area contributed by atoms with E-state index in [0.29, 0.717) is 0 Å². The number of halogens is 1. The summed E-state index contributed by atoms with van der Waals surface area (Å²) >= 11 is 5.72. The van der Waals surface area contributed by atoms with Crippen LogP contribution in [0.25, 0.3) is 0 Å². The molecule has 0 heterocycles. The van der Waals surface area contributed by atoms with Crippen molar-refractivity contribution in [2.24, 2.45) is 0 Å². The second-order valence-electron chi connectivity index (χ2n) is 4.99. The third-order valence-corrected chi connectivity index (χ3v) is 5.67. The van der Waals surface area contributed by atoms with Gasteiger partial charge in [-0.3, -0.25) is 0 Å². The first-order valence-electron chi connectivity index (χ1n) is 6.38. The van der Waals surface area contributed by atoms with Crippen LogP contribution in [0.3, 0.4) is 0 Å². The average Bonchev–Trinajstić information content (AvgIpc) is 2.34. The molecule has 1 aromatic rings. The Balaban J connectivity index is 2.15. The van der Waals surface area contributed by atoms with Crippen molar-refractivity contribution < 1.29 is 4.43 Å². The van der Waals surface area contributed by atoms with Gasteiger partial charge in [0, 0.05) is 12.5 Å². The van der Waals surface area contributed by atoms with Gasteiger partial charge in [-0.25, -0.2) is 0 Å². The lowest BCUT2D eigenvalue weighted by Gasteiger charge is -2.22. The summed E-state index contributed by atoms with van der Waals surface area (Å²) in [5.41, 5.74) is 1.40. The van der Waals surface area contributed by atoms with Gasteiger partial charge < -0.3 is 4.43 Å². The maximum atomic E-state index is 6.03. The van der Waals surface area contributed by atoms with E-state index in [9.17, 15) is 0 Å². The molecule has 0 bridgehead atoms. The second kappa shape index (κ2) is 7.91. The SMILES string of the molecule is C[Si](C)(CCCCl)OCCCc1ccccc1. The van der Waals surface area contributed by atoms with Gasteiger partial charge in [0.25, 0.3) is 0 Å². The number of rotatable bonds is 8. The lowest BCUT2D eigenvalue weighted by molar-refractivity contribution is 0.300. The summed E-state index contributed by atoms with van der Waals surface area (Å²) < 4.78 is 6.03. The van der Waals surface area contributed by atoms with Gasteiger partial charge in [-0.2, -0.15) is 0 Å². The minimum absolute atomic E-state index is 0.754. The summed E-state index contributed by atoms with van der Waals surface area (Å²) in [5.74, 6) is 0.754. The molecule has 1 rings (SSSR count). The second-order valence-corrected chi connectivity index (χ2v) is 9.68. The van der Waals surface area contributed by atoms with E-state index < -0.39 is 8.32 Å². The Kier molecular flexibility index (Phi) is 6.86. The quantitative estimate of drug-likeness (QED) is 0.385. The lowest BCUT2D eigenvalue weighted by atomic mass is 10.1. The van der Waals surface area contributed by atoms with E-state index in [4.69, 9.17) is 16.0 Å². The van der Waals surface area contributed by atoms with Crippen LogP contribution in [0.1, 0.15) is 18.4 Å². The van der Waals surface area contributed by atoms with Gasteiger partial charge in [0.15, 0.2) is 8.32 Å². The van der Waals surface area contributed by atoms with Crippen LogP contribution >= 0.6 is 11.6 Å². The molecule has 0 aliphatic rings. The van der Waals surface area contributed by atoms with E-state index >= 15 is 0 Å². The van der Waals surface area contributed by atoms with Crippen molar-refractivity contribution in [3.8, 4) is 0 Å². The normalized spacial score (nSPS) is 11.7. The van der Waals surface area contributed by atoms with E-state index in [1.54, 1.807) is 0 Å². The van der Waals surface area contributed by atoms with Crippen molar-refractivity contribution in [1.82, 2.24) is 0 Å². The first kappa shape index (κ1) is 14.7. The minimum Gasteiger partial charge on any atom is -0.417 e. The smallest absolute Gasteiger partial charge is 0.186 e. The molecule has 96 valence electrons. The predicted octanol–water partition coefficient (Wildman–Crippen LogP) is 4.47. The average molecular weight is 271 g/mol. The summed E-state index contributed by atoms with van der Waals surface area (Å²) in [6.45, 7) is 5.44. The number of aryl methyl sites for hydroxylation is 1. The highest BCUT2D eigenvalue weighted by atomic mass is 35.5. The molecule has 0 N–H and O–H groups in total. The maximum Gasteiger partial charge on any atom is 0.186 e. The molecule has 0 aliphatic heterocycles. The third-order valence-electron chi connectivity index (χ3n) is 2.86. The zero-order valence-corrected chi connectivity index (χ0v) is 12.7. The molecule has 0 aromatic heterocycles. The summed E-state index contributed by atoms with van der Waals surface area (Å²) in [6, 6.07) is 11.8. The maximum absolute atomic E-state index is 6.03. The van der Waals surface area contributed by atoms with Crippen molar-refractivity contribution in [1.29, 1.82) is 0 Å². The molecule has 1 nitrogen and oxygen atoms in total. The topological polar surface area (TPSA) is 9.23 Å². The van der Waals surface area contributed by atoms with Gasteiger partial charge in [0.2, 0.25) is 0 Å². The summed E-state index contributed by atoms with van der Waals surface area (Å²) in [4.78, 5) is 0. The van der Waals surface area contributed by atoms with Crippen LogP contribution in [0.4, 0.5) is 0 Å². The number of alkyl halides is 1. The van der Waals surface area contributed by atoms with Crippen LogP contribution in [-0.4, -0.2) is 20.8 Å². The Morgan fingerprint density at radius 3 is 2.47 bits per heavy atom. The highest BCUT2D eigenvalue weighted by Crippen LogP contribution is 2.15. The molecule has 0 unspecified atom stereocenters. The largest absolute Gasteiger partial charge is 0.417 e. The Morgan fingerprint density at radius 1 is 1.12 bits per heavy atom. The van der Waals surface area contributed by atoms with Gasteiger partial charge in [0.05, 0.1) is 0 Å². The molecule has 1 aromatic carbocycles. The van der Waals surface area contributed by atoms with Gasteiger partial charge in [0.1, 0.15) is 0 Å². The van der Waals surface area contributed by atoms with Crippen LogP contribution < -0.4 is 0 Å². The molecule has 0 radical (unpaired) electrons. The van der Waals surface area contributed by atoms with E-state index in [1.807, 2.05) is 0 Å². The Morgan fingerprint density at radius 2 is 1.82 bits per heavy atom. The Hall–Kier alpha value is -0.313. The van der Waals surface area contributed by atoms with E-state index in [-0.39, 0.29) is 0 Å². The molecule has 0 fully saturated rings. The monoisotopic (exact) mass is 270 g/mol. The predicted molar refractivity (Wildman–Crippen MR) is 78.3 cm³/mol. The molecule has 0 saturated carbocycles. The van der Waals surface area contributed by atoms with Crippen molar-refractivity contribution in [2.75, 3.05) is 12.5 Å². The first-order valence-corrected chi connectivity index (χ1v) is 10.0. The molecule has 0 spiro atoms. The van der Waals surface area contributed by atoms with Crippen molar-refractivity contribution in [2.45, 2.75) is 38.4 Å². The summed E-state index contributed by atoms with van der Waals surface area (Å²) in [6.07, 6.45) is 3.31. The van der Waals surface area contributed by atoms with Crippen LogP contribution in [-0.2, 0) is 10.8 Å². The first-order chi connectivity index (χ1) is 8.14. The molecule has 17 heavy (non-hydrogen) atoms. The molecular weight excluding hydrogens is 248 g/mol. The van der Waals surface area contributed by atoms with Gasteiger partial charge in [-0.1, -0.05) is 30.3 Å². The Labute approximate surface area is 111 Å². The van der Waals surface area contributed by atoms with Crippen molar-refractivity contribution in [3.05, 3.63) is 35.9 Å².